The molecule has 1 aliphatic rings. The largest absolute Gasteiger partial charge is 0.339 e. The van der Waals surface area contributed by atoms with Crippen LogP contribution in [0, 0.1) is 0 Å². The minimum atomic E-state index is 0.0653. The van der Waals surface area contributed by atoms with E-state index in [0.29, 0.717) is 12.1 Å². The minimum Gasteiger partial charge on any atom is -0.339 e. The zero-order valence-electron chi connectivity index (χ0n) is 15.6. The smallest absolute Gasteiger partial charge is 0.246 e. The molecule has 0 spiro atoms. The summed E-state index contributed by atoms with van der Waals surface area (Å²) in [7, 11) is 1.92. The number of rotatable bonds is 5. The van der Waals surface area contributed by atoms with Gasteiger partial charge in [-0.1, -0.05) is 30.3 Å². The molecule has 0 radical (unpaired) electrons. The third-order valence-electron chi connectivity index (χ3n) is 5.23. The summed E-state index contributed by atoms with van der Waals surface area (Å²) >= 11 is 0. The highest BCUT2D eigenvalue weighted by Gasteiger charge is 2.29. The van der Waals surface area contributed by atoms with Gasteiger partial charge in [0.2, 0.25) is 5.91 Å². The van der Waals surface area contributed by atoms with Crippen molar-refractivity contribution >= 4 is 12.0 Å². The number of carbonyl (C=O) groups is 1. The Morgan fingerprint density at radius 2 is 1.96 bits per heavy atom. The van der Waals surface area contributed by atoms with Crippen molar-refractivity contribution in [2.24, 2.45) is 0 Å². The normalized spacial score (nSPS) is 21.0. The van der Waals surface area contributed by atoms with E-state index in [1.807, 2.05) is 30.2 Å². The molecule has 1 saturated heterocycles. The van der Waals surface area contributed by atoms with E-state index in [-0.39, 0.29) is 5.91 Å². The Bertz CT molecular complexity index is 730. The first-order valence-electron chi connectivity index (χ1n) is 9.26. The van der Waals surface area contributed by atoms with Crippen LogP contribution in [0.1, 0.15) is 30.9 Å². The van der Waals surface area contributed by atoms with Gasteiger partial charge in [-0.25, -0.2) is 0 Å². The number of aromatic nitrogens is 1. The summed E-state index contributed by atoms with van der Waals surface area (Å²) < 4.78 is 0. The Kier molecular flexibility index (Phi) is 6.18. The number of pyridine rings is 1. The molecule has 2 heterocycles. The van der Waals surface area contributed by atoms with Gasteiger partial charge in [-0.2, -0.15) is 0 Å². The van der Waals surface area contributed by atoms with Crippen molar-refractivity contribution in [1.82, 2.24) is 14.8 Å². The first kappa shape index (κ1) is 18.3. The van der Waals surface area contributed by atoms with Gasteiger partial charge in [0, 0.05) is 50.7 Å². The van der Waals surface area contributed by atoms with Crippen LogP contribution in [-0.2, 0) is 11.3 Å². The van der Waals surface area contributed by atoms with Crippen molar-refractivity contribution in [1.29, 1.82) is 0 Å². The van der Waals surface area contributed by atoms with Crippen molar-refractivity contribution < 1.29 is 4.79 Å². The van der Waals surface area contributed by atoms with Crippen LogP contribution in [0.2, 0.25) is 0 Å². The lowest BCUT2D eigenvalue weighted by atomic mass is 9.96. The zero-order chi connectivity index (χ0) is 18.4. The number of carbonyl (C=O) groups excluding carboxylic acids is 1. The van der Waals surface area contributed by atoms with E-state index >= 15 is 0 Å². The highest BCUT2D eigenvalue weighted by molar-refractivity contribution is 5.91. The number of benzene rings is 1. The van der Waals surface area contributed by atoms with Crippen molar-refractivity contribution in [3.8, 4) is 0 Å². The second-order valence-electron chi connectivity index (χ2n) is 7.05. The number of piperidine rings is 1. The van der Waals surface area contributed by atoms with Gasteiger partial charge in [-0.05, 0) is 49.1 Å². The average molecular weight is 349 g/mol. The summed E-state index contributed by atoms with van der Waals surface area (Å²) in [5, 5.41) is 0. The number of likely N-dealkylation sites (N-methyl/N-ethyl adjacent to an activating group) is 1. The van der Waals surface area contributed by atoms with Gasteiger partial charge >= 0.3 is 0 Å². The van der Waals surface area contributed by atoms with E-state index in [9.17, 15) is 4.79 Å². The Hall–Kier alpha value is -2.46. The highest BCUT2D eigenvalue weighted by Crippen LogP contribution is 2.23. The summed E-state index contributed by atoms with van der Waals surface area (Å²) in [6.45, 7) is 4.26. The van der Waals surface area contributed by atoms with Crippen LogP contribution in [0.15, 0.2) is 60.9 Å². The van der Waals surface area contributed by atoms with Gasteiger partial charge in [0.05, 0.1) is 0 Å². The van der Waals surface area contributed by atoms with Crippen LogP contribution < -0.4 is 0 Å². The van der Waals surface area contributed by atoms with Crippen LogP contribution in [0.3, 0.4) is 0 Å². The molecule has 3 rings (SSSR count). The summed E-state index contributed by atoms with van der Waals surface area (Å²) in [4.78, 5) is 20.9. The van der Waals surface area contributed by atoms with Crippen LogP contribution in [0.5, 0.6) is 0 Å². The van der Waals surface area contributed by atoms with E-state index in [1.165, 1.54) is 5.56 Å². The maximum atomic E-state index is 12.5. The lowest BCUT2D eigenvalue weighted by molar-refractivity contribution is -0.128. The minimum absolute atomic E-state index is 0.0653. The number of likely N-dealkylation sites (tertiary alicyclic amines) is 1. The Morgan fingerprint density at radius 1 is 1.23 bits per heavy atom. The molecule has 4 nitrogen and oxygen atoms in total. The quantitative estimate of drug-likeness (QED) is 0.774. The maximum Gasteiger partial charge on any atom is 0.246 e. The Morgan fingerprint density at radius 3 is 2.65 bits per heavy atom. The topological polar surface area (TPSA) is 36.4 Å². The van der Waals surface area contributed by atoms with Crippen molar-refractivity contribution in [3.05, 3.63) is 72.1 Å². The second kappa shape index (κ2) is 8.77. The third kappa shape index (κ3) is 4.79. The number of hydrogen-bond donors (Lipinski definition) is 0. The van der Waals surface area contributed by atoms with E-state index < -0.39 is 0 Å². The molecule has 4 heteroatoms. The molecule has 0 N–H and O–H groups in total. The van der Waals surface area contributed by atoms with Gasteiger partial charge < -0.3 is 4.90 Å². The Balaban J connectivity index is 1.54. The molecule has 1 fully saturated rings. The van der Waals surface area contributed by atoms with Crippen LogP contribution in [0.25, 0.3) is 6.08 Å². The van der Waals surface area contributed by atoms with Gasteiger partial charge in [0.15, 0.2) is 0 Å². The van der Waals surface area contributed by atoms with Gasteiger partial charge in [-0.15, -0.1) is 0 Å². The van der Waals surface area contributed by atoms with Crippen molar-refractivity contribution in [2.45, 2.75) is 38.4 Å². The van der Waals surface area contributed by atoms with Gasteiger partial charge in [0.25, 0.3) is 0 Å². The molecule has 2 aromatic rings. The van der Waals surface area contributed by atoms with Crippen LogP contribution in [0.4, 0.5) is 0 Å². The SMILES string of the molecule is CC1CC(N(C)C(=O)/C=C/c2ccncc2)CCN1Cc1ccccc1. The molecule has 136 valence electrons. The zero-order valence-corrected chi connectivity index (χ0v) is 15.6. The molecule has 0 bridgehead atoms. The molecule has 2 unspecified atom stereocenters. The van der Waals surface area contributed by atoms with Gasteiger partial charge in [0.1, 0.15) is 0 Å². The first-order valence-corrected chi connectivity index (χ1v) is 9.26. The first-order chi connectivity index (χ1) is 12.6. The maximum absolute atomic E-state index is 12.5. The summed E-state index contributed by atoms with van der Waals surface area (Å²) in [6.07, 6.45) is 9.02. The fourth-order valence-corrected chi connectivity index (χ4v) is 3.54. The molecular formula is C22H27N3O. The van der Waals surface area contributed by atoms with Crippen LogP contribution >= 0.6 is 0 Å². The number of nitrogens with zero attached hydrogens (tertiary/aromatic N) is 3. The van der Waals surface area contributed by atoms with Crippen LogP contribution in [-0.4, -0.2) is 46.4 Å². The van der Waals surface area contributed by atoms with E-state index in [2.05, 4.69) is 47.1 Å². The molecule has 0 aliphatic carbocycles. The predicted molar refractivity (Wildman–Crippen MR) is 105 cm³/mol. The lowest BCUT2D eigenvalue weighted by Crippen LogP contribution is -2.48. The molecule has 1 aromatic heterocycles. The molecule has 26 heavy (non-hydrogen) atoms. The monoisotopic (exact) mass is 349 g/mol. The van der Waals surface area contributed by atoms with E-state index in [0.717, 1.165) is 31.5 Å². The van der Waals surface area contributed by atoms with Crippen molar-refractivity contribution in [3.63, 3.8) is 0 Å². The summed E-state index contributed by atoms with van der Waals surface area (Å²) in [5.41, 5.74) is 2.34. The molecule has 1 amide bonds. The molecule has 2 atom stereocenters. The second-order valence-corrected chi connectivity index (χ2v) is 7.05. The van der Waals surface area contributed by atoms with Crippen molar-refractivity contribution in [2.75, 3.05) is 13.6 Å². The molecule has 1 aliphatic heterocycles. The fraction of sp³-hybridized carbons (Fsp3) is 0.364. The summed E-state index contributed by atoms with van der Waals surface area (Å²) in [6, 6.07) is 15.2. The Labute approximate surface area is 156 Å². The van der Waals surface area contributed by atoms with E-state index in [1.54, 1.807) is 18.5 Å². The predicted octanol–water partition coefficient (Wildman–Crippen LogP) is 3.61. The standard InChI is InChI=1S/C22H27N3O/c1-18-16-21(12-15-25(18)17-20-6-4-3-5-7-20)24(2)22(26)9-8-19-10-13-23-14-11-19/h3-11,13-14,18,21H,12,15-17H2,1-2H3/b9-8+. The number of hydrogen-bond acceptors (Lipinski definition) is 3. The molecule has 0 saturated carbocycles. The summed E-state index contributed by atoms with van der Waals surface area (Å²) in [5.74, 6) is 0.0653. The highest BCUT2D eigenvalue weighted by atomic mass is 16.2. The lowest BCUT2D eigenvalue weighted by Gasteiger charge is -2.41. The van der Waals surface area contributed by atoms with Gasteiger partial charge in [-0.3, -0.25) is 14.7 Å². The number of amides is 1. The fourth-order valence-electron chi connectivity index (χ4n) is 3.54. The molecule has 1 aromatic carbocycles. The average Bonchev–Trinajstić information content (AvgIpc) is 2.68. The molecular weight excluding hydrogens is 322 g/mol. The third-order valence-corrected chi connectivity index (χ3v) is 5.23. The van der Waals surface area contributed by atoms with E-state index in [4.69, 9.17) is 0 Å².